The van der Waals surface area contributed by atoms with Crippen LogP contribution < -0.4 is 10.1 Å². The number of piperazine rings is 1. The number of alkyl halides is 3. The molecule has 1 atom stereocenters. The highest BCUT2D eigenvalue weighted by Crippen LogP contribution is 2.44. The van der Waals surface area contributed by atoms with Crippen LogP contribution in [-0.4, -0.2) is 43.2 Å². The summed E-state index contributed by atoms with van der Waals surface area (Å²) in [7, 11) is 0. The number of nitroso groups, excluding NO2 is 1. The highest BCUT2D eigenvalue weighted by molar-refractivity contribution is 5.34. The van der Waals surface area contributed by atoms with Gasteiger partial charge in [0.15, 0.2) is 11.6 Å². The molecule has 1 aliphatic carbocycles. The molecule has 2 aliphatic rings. The van der Waals surface area contributed by atoms with Crippen molar-refractivity contribution in [2.45, 2.75) is 56.3 Å². The molecule has 9 heteroatoms. The molecule has 1 saturated heterocycles. The van der Waals surface area contributed by atoms with Crippen molar-refractivity contribution in [1.82, 2.24) is 10.2 Å². The van der Waals surface area contributed by atoms with Crippen LogP contribution in [-0.2, 0) is 12.8 Å². The zero-order valence-corrected chi connectivity index (χ0v) is 19.6. The standard InChI is InChI=1S/C26H31F4N3O2/c27-23-16-20(6-9-24(23)35-18-19-4-7-21(8-5-19)26(28,29)30)22(17-33-14-12-31-13-15-33)25(32-34)10-2-1-3-11-25/h4-9,16,22,31H,1-3,10-15,17-18H2. The second kappa shape index (κ2) is 11.0. The lowest BCUT2D eigenvalue weighted by Gasteiger charge is -2.41. The van der Waals surface area contributed by atoms with Gasteiger partial charge in [0.25, 0.3) is 0 Å². The third-order valence-electron chi connectivity index (χ3n) is 7.23. The molecule has 1 aliphatic heterocycles. The maximum atomic E-state index is 15.1. The van der Waals surface area contributed by atoms with Crippen LogP contribution in [0.3, 0.4) is 0 Å². The van der Waals surface area contributed by atoms with Crippen molar-refractivity contribution in [3.63, 3.8) is 0 Å². The van der Waals surface area contributed by atoms with Crippen LogP contribution in [0.25, 0.3) is 0 Å². The van der Waals surface area contributed by atoms with E-state index in [4.69, 9.17) is 4.74 Å². The van der Waals surface area contributed by atoms with Crippen molar-refractivity contribution >= 4 is 0 Å². The van der Waals surface area contributed by atoms with E-state index in [1.807, 2.05) is 0 Å². The molecule has 0 amide bonds. The van der Waals surface area contributed by atoms with Crippen LogP contribution in [0.1, 0.15) is 54.7 Å². The zero-order valence-electron chi connectivity index (χ0n) is 19.6. The molecule has 1 heterocycles. The first-order chi connectivity index (χ1) is 16.8. The van der Waals surface area contributed by atoms with E-state index in [0.29, 0.717) is 24.9 Å². The predicted octanol–water partition coefficient (Wildman–Crippen LogP) is 5.88. The summed E-state index contributed by atoms with van der Waals surface area (Å²) >= 11 is 0. The molecule has 35 heavy (non-hydrogen) atoms. The van der Waals surface area contributed by atoms with Gasteiger partial charge in [0.05, 0.1) is 5.56 Å². The molecule has 1 N–H and O–H groups in total. The Morgan fingerprint density at radius 2 is 1.71 bits per heavy atom. The van der Waals surface area contributed by atoms with Gasteiger partial charge in [-0.15, -0.1) is 0 Å². The molecule has 2 aromatic carbocycles. The molecular formula is C26H31F4N3O2. The third-order valence-corrected chi connectivity index (χ3v) is 7.23. The van der Waals surface area contributed by atoms with Crippen LogP contribution in [0.2, 0.25) is 0 Å². The van der Waals surface area contributed by atoms with Crippen LogP contribution in [0, 0.1) is 10.7 Å². The lowest BCUT2D eigenvalue weighted by Crippen LogP contribution is -2.49. The number of nitrogens with one attached hydrogen (secondary N) is 1. The normalized spacial score (nSPS) is 19.8. The van der Waals surface area contributed by atoms with Gasteiger partial charge in [0.1, 0.15) is 12.1 Å². The molecule has 5 nitrogen and oxygen atoms in total. The SMILES string of the molecule is O=NC1(C(CN2CCNCC2)c2ccc(OCc3ccc(C(F)(F)F)cc3)c(F)c2)CCCCC1. The van der Waals surface area contributed by atoms with E-state index in [1.165, 1.54) is 18.2 Å². The Balaban J connectivity index is 1.51. The fourth-order valence-corrected chi connectivity index (χ4v) is 5.21. The molecule has 1 unspecified atom stereocenters. The number of nitrogens with zero attached hydrogens (tertiary/aromatic N) is 2. The lowest BCUT2D eigenvalue weighted by molar-refractivity contribution is -0.137. The molecular weight excluding hydrogens is 462 g/mol. The smallest absolute Gasteiger partial charge is 0.416 e. The van der Waals surface area contributed by atoms with Gasteiger partial charge in [-0.1, -0.05) is 42.6 Å². The monoisotopic (exact) mass is 493 g/mol. The van der Waals surface area contributed by atoms with Crippen LogP contribution in [0.4, 0.5) is 17.6 Å². The van der Waals surface area contributed by atoms with Gasteiger partial charge in [-0.2, -0.15) is 18.1 Å². The van der Waals surface area contributed by atoms with Crippen molar-refractivity contribution < 1.29 is 22.3 Å². The van der Waals surface area contributed by atoms with E-state index in [9.17, 15) is 18.1 Å². The highest BCUT2D eigenvalue weighted by atomic mass is 19.4. The summed E-state index contributed by atoms with van der Waals surface area (Å²) in [4.78, 5) is 14.5. The minimum Gasteiger partial charge on any atom is -0.486 e. The van der Waals surface area contributed by atoms with E-state index in [-0.39, 0.29) is 18.3 Å². The summed E-state index contributed by atoms with van der Waals surface area (Å²) < 4.78 is 58.9. The Morgan fingerprint density at radius 1 is 1.03 bits per heavy atom. The molecule has 190 valence electrons. The van der Waals surface area contributed by atoms with E-state index in [2.05, 4.69) is 15.4 Å². The van der Waals surface area contributed by atoms with Gasteiger partial charge < -0.3 is 15.0 Å². The summed E-state index contributed by atoms with van der Waals surface area (Å²) in [6, 6.07) is 9.36. The number of hydrogen-bond acceptors (Lipinski definition) is 5. The Bertz CT molecular complexity index is 985. The van der Waals surface area contributed by atoms with Crippen molar-refractivity contribution in [2.24, 2.45) is 5.18 Å². The number of rotatable bonds is 8. The van der Waals surface area contributed by atoms with Crippen LogP contribution in [0.5, 0.6) is 5.75 Å². The Kier molecular flexibility index (Phi) is 8.06. The van der Waals surface area contributed by atoms with E-state index in [0.717, 1.165) is 63.1 Å². The summed E-state index contributed by atoms with van der Waals surface area (Å²) in [6.45, 7) is 4.06. The highest BCUT2D eigenvalue weighted by Gasteiger charge is 2.43. The average molecular weight is 494 g/mol. The van der Waals surface area contributed by atoms with Crippen molar-refractivity contribution in [1.29, 1.82) is 0 Å². The van der Waals surface area contributed by atoms with Gasteiger partial charge in [0, 0.05) is 38.6 Å². The maximum Gasteiger partial charge on any atom is 0.416 e. The third kappa shape index (κ3) is 6.19. The summed E-state index contributed by atoms with van der Waals surface area (Å²) in [5, 5.41) is 6.97. The molecule has 0 aromatic heterocycles. The van der Waals surface area contributed by atoms with Crippen LogP contribution in [0.15, 0.2) is 47.6 Å². The minimum absolute atomic E-state index is 0.0197. The van der Waals surface area contributed by atoms with E-state index < -0.39 is 23.1 Å². The fraction of sp³-hybridized carbons (Fsp3) is 0.538. The van der Waals surface area contributed by atoms with Gasteiger partial charge in [-0.05, 0) is 48.2 Å². The molecule has 1 saturated carbocycles. The molecule has 2 aromatic rings. The Morgan fingerprint density at radius 3 is 2.31 bits per heavy atom. The number of halogens is 4. The van der Waals surface area contributed by atoms with E-state index in [1.54, 1.807) is 12.1 Å². The fourth-order valence-electron chi connectivity index (χ4n) is 5.21. The van der Waals surface area contributed by atoms with Gasteiger partial charge >= 0.3 is 6.18 Å². The molecule has 0 bridgehead atoms. The first-order valence-electron chi connectivity index (χ1n) is 12.2. The van der Waals surface area contributed by atoms with Crippen molar-refractivity contribution in [3.05, 3.63) is 69.9 Å². The first-order valence-corrected chi connectivity index (χ1v) is 12.2. The lowest BCUT2D eigenvalue weighted by atomic mass is 9.70. The summed E-state index contributed by atoms with van der Waals surface area (Å²) in [5.74, 6) is -0.764. The van der Waals surface area contributed by atoms with Gasteiger partial charge in [0.2, 0.25) is 0 Å². The van der Waals surface area contributed by atoms with Gasteiger partial charge in [-0.25, -0.2) is 4.39 Å². The molecule has 0 radical (unpaired) electrons. The number of ether oxygens (including phenoxy) is 1. The largest absolute Gasteiger partial charge is 0.486 e. The van der Waals surface area contributed by atoms with Crippen molar-refractivity contribution in [2.75, 3.05) is 32.7 Å². The second-order valence-electron chi connectivity index (χ2n) is 9.53. The van der Waals surface area contributed by atoms with E-state index >= 15 is 4.39 Å². The maximum absolute atomic E-state index is 15.1. The summed E-state index contributed by atoms with van der Waals surface area (Å²) in [5.41, 5.74) is -0.264. The molecule has 0 spiro atoms. The van der Waals surface area contributed by atoms with Crippen LogP contribution >= 0.6 is 0 Å². The molecule has 2 fully saturated rings. The minimum atomic E-state index is -4.41. The first kappa shape index (κ1) is 25.6. The van der Waals surface area contributed by atoms with Gasteiger partial charge in [-0.3, -0.25) is 0 Å². The van der Waals surface area contributed by atoms with Crippen molar-refractivity contribution in [3.8, 4) is 5.75 Å². The Hall–Kier alpha value is -2.52. The Labute approximate surface area is 202 Å². The zero-order chi connectivity index (χ0) is 24.9. The summed E-state index contributed by atoms with van der Waals surface area (Å²) in [6.07, 6.45) is -0.0827. The predicted molar refractivity (Wildman–Crippen MR) is 126 cm³/mol. The number of benzene rings is 2. The molecule has 4 rings (SSSR count). The number of hydrogen-bond donors (Lipinski definition) is 1. The quantitative estimate of drug-likeness (QED) is 0.369. The topological polar surface area (TPSA) is 53.9 Å². The second-order valence-corrected chi connectivity index (χ2v) is 9.53. The average Bonchev–Trinajstić information content (AvgIpc) is 2.87.